The lowest BCUT2D eigenvalue weighted by Gasteiger charge is -2.14. The molecule has 2 aromatic rings. The highest BCUT2D eigenvalue weighted by molar-refractivity contribution is 7.80. The quantitative estimate of drug-likeness (QED) is 0.602. The molecular weight excluding hydrogens is 400 g/mol. The fourth-order valence-corrected chi connectivity index (χ4v) is 3.17. The van der Waals surface area contributed by atoms with Crippen LogP contribution in [-0.2, 0) is 4.74 Å². The summed E-state index contributed by atoms with van der Waals surface area (Å²) in [6.07, 6.45) is 3.29. The summed E-state index contributed by atoms with van der Waals surface area (Å²) >= 11 is 5.27. The highest BCUT2D eigenvalue weighted by atomic mass is 32.1. The molecule has 1 amide bonds. The molecular formula is C23H28N2O4S. The van der Waals surface area contributed by atoms with Crippen molar-refractivity contribution in [3.05, 3.63) is 54.1 Å². The maximum Gasteiger partial charge on any atom is 0.257 e. The molecule has 0 radical (unpaired) electrons. The topological polar surface area (TPSA) is 68.8 Å². The van der Waals surface area contributed by atoms with E-state index in [9.17, 15) is 4.79 Å². The van der Waals surface area contributed by atoms with Crippen LogP contribution in [0, 0.1) is 0 Å². The maximum absolute atomic E-state index is 12.5. The number of hydrogen-bond donors (Lipinski definition) is 2. The van der Waals surface area contributed by atoms with E-state index in [0.717, 1.165) is 37.3 Å². The zero-order chi connectivity index (χ0) is 21.3. The van der Waals surface area contributed by atoms with Gasteiger partial charge in [0.15, 0.2) is 5.11 Å². The highest BCUT2D eigenvalue weighted by Crippen LogP contribution is 2.19. The lowest BCUT2D eigenvalue weighted by atomic mass is 10.2. The van der Waals surface area contributed by atoms with Gasteiger partial charge in [0.1, 0.15) is 18.1 Å². The summed E-state index contributed by atoms with van der Waals surface area (Å²) in [5.41, 5.74) is 1.25. The van der Waals surface area contributed by atoms with Crippen LogP contribution in [0.15, 0.2) is 48.5 Å². The molecule has 1 heterocycles. The number of anilines is 1. The van der Waals surface area contributed by atoms with Crippen molar-refractivity contribution in [1.82, 2.24) is 5.32 Å². The molecule has 7 heteroatoms. The van der Waals surface area contributed by atoms with Crippen molar-refractivity contribution in [2.45, 2.75) is 45.3 Å². The summed E-state index contributed by atoms with van der Waals surface area (Å²) in [5, 5.41) is 5.93. The Labute approximate surface area is 182 Å². The third kappa shape index (κ3) is 6.71. The van der Waals surface area contributed by atoms with Crippen LogP contribution in [0.2, 0.25) is 0 Å². The molecule has 0 spiro atoms. The van der Waals surface area contributed by atoms with E-state index in [1.165, 1.54) is 0 Å². The van der Waals surface area contributed by atoms with Crippen molar-refractivity contribution in [2.24, 2.45) is 0 Å². The fraction of sp³-hybridized carbons (Fsp3) is 0.391. The largest absolute Gasteiger partial charge is 0.491 e. The van der Waals surface area contributed by atoms with E-state index < -0.39 is 0 Å². The third-order valence-electron chi connectivity index (χ3n) is 4.81. The molecule has 1 aliphatic rings. The van der Waals surface area contributed by atoms with Crippen LogP contribution >= 0.6 is 12.2 Å². The second-order valence-corrected chi connectivity index (χ2v) is 7.65. The van der Waals surface area contributed by atoms with Crippen molar-refractivity contribution < 1.29 is 19.0 Å². The maximum atomic E-state index is 12.5. The van der Waals surface area contributed by atoms with Crippen LogP contribution < -0.4 is 20.1 Å². The van der Waals surface area contributed by atoms with Crippen LogP contribution in [0.5, 0.6) is 11.5 Å². The molecule has 0 aliphatic carbocycles. The number of nitrogens with one attached hydrogen (secondary N) is 2. The van der Waals surface area contributed by atoms with Gasteiger partial charge < -0.3 is 19.5 Å². The Kier molecular flexibility index (Phi) is 8.04. The molecule has 6 nitrogen and oxygen atoms in total. The number of benzene rings is 2. The van der Waals surface area contributed by atoms with Gasteiger partial charge in [0.2, 0.25) is 0 Å². The van der Waals surface area contributed by atoms with Crippen LogP contribution in [0.3, 0.4) is 0 Å². The molecule has 2 N–H and O–H groups in total. The van der Waals surface area contributed by atoms with Gasteiger partial charge in [-0.05, 0) is 80.9 Å². The van der Waals surface area contributed by atoms with E-state index in [1.54, 1.807) is 18.2 Å². The van der Waals surface area contributed by atoms with Gasteiger partial charge in [0, 0.05) is 17.9 Å². The van der Waals surface area contributed by atoms with Crippen LogP contribution in [0.1, 0.15) is 43.5 Å². The van der Waals surface area contributed by atoms with Crippen molar-refractivity contribution in [2.75, 3.05) is 18.5 Å². The molecule has 2 unspecified atom stereocenters. The minimum atomic E-state index is -0.293. The average Bonchev–Trinajstić information content (AvgIpc) is 3.27. The standard InChI is InChI=1S/C23H28N2O4S/c1-3-16(2)29-20-7-4-6-17(14-20)22(26)25-23(30)24-18-9-11-19(12-10-18)28-15-21-8-5-13-27-21/h4,6-7,9-12,14,16,21H,3,5,8,13,15H2,1-2H3,(H2,24,25,26,30). The van der Waals surface area contributed by atoms with Gasteiger partial charge in [-0.1, -0.05) is 13.0 Å². The molecule has 1 aliphatic heterocycles. The van der Waals surface area contributed by atoms with Gasteiger partial charge in [-0.15, -0.1) is 0 Å². The van der Waals surface area contributed by atoms with Crippen LogP contribution in [0.25, 0.3) is 0 Å². The first-order valence-electron chi connectivity index (χ1n) is 10.3. The summed E-state index contributed by atoms with van der Waals surface area (Å²) in [7, 11) is 0. The third-order valence-corrected chi connectivity index (χ3v) is 5.01. The molecule has 1 saturated heterocycles. The monoisotopic (exact) mass is 428 g/mol. The summed E-state index contributed by atoms with van der Waals surface area (Å²) in [5.74, 6) is 1.14. The summed E-state index contributed by atoms with van der Waals surface area (Å²) in [6.45, 7) is 5.41. The first kappa shape index (κ1) is 22.1. The number of ether oxygens (including phenoxy) is 3. The Morgan fingerprint density at radius 1 is 1.23 bits per heavy atom. The van der Waals surface area contributed by atoms with Gasteiger partial charge >= 0.3 is 0 Å². The van der Waals surface area contributed by atoms with Gasteiger partial charge in [-0.3, -0.25) is 10.1 Å². The molecule has 30 heavy (non-hydrogen) atoms. The van der Waals surface area contributed by atoms with Crippen molar-refractivity contribution in [3.63, 3.8) is 0 Å². The molecule has 2 atom stereocenters. The predicted octanol–water partition coefficient (Wildman–Crippen LogP) is 4.55. The number of carbonyl (C=O) groups excluding carboxylic acids is 1. The molecule has 0 bridgehead atoms. The number of rotatable bonds is 8. The zero-order valence-corrected chi connectivity index (χ0v) is 18.2. The minimum absolute atomic E-state index is 0.0868. The molecule has 3 rings (SSSR count). The SMILES string of the molecule is CCC(C)Oc1cccc(C(=O)NC(=S)Nc2ccc(OCC3CCCO3)cc2)c1. The smallest absolute Gasteiger partial charge is 0.257 e. The normalized spacial score (nSPS) is 16.5. The summed E-state index contributed by atoms with van der Waals surface area (Å²) in [6, 6.07) is 14.5. The Balaban J connectivity index is 1.48. The van der Waals surface area contributed by atoms with Crippen LogP contribution in [-0.4, -0.2) is 36.4 Å². The lowest BCUT2D eigenvalue weighted by molar-refractivity contribution is 0.0679. The lowest BCUT2D eigenvalue weighted by Crippen LogP contribution is -2.34. The minimum Gasteiger partial charge on any atom is -0.491 e. The second-order valence-electron chi connectivity index (χ2n) is 7.24. The number of hydrogen-bond acceptors (Lipinski definition) is 5. The van der Waals surface area contributed by atoms with Crippen LogP contribution in [0.4, 0.5) is 5.69 Å². The van der Waals surface area contributed by atoms with Crippen molar-refractivity contribution in [1.29, 1.82) is 0 Å². The van der Waals surface area contributed by atoms with E-state index in [2.05, 4.69) is 10.6 Å². The van der Waals surface area contributed by atoms with Gasteiger partial charge in [0.25, 0.3) is 5.91 Å². The zero-order valence-electron chi connectivity index (χ0n) is 17.4. The predicted molar refractivity (Wildman–Crippen MR) is 121 cm³/mol. The van der Waals surface area contributed by atoms with Gasteiger partial charge in [-0.2, -0.15) is 0 Å². The van der Waals surface area contributed by atoms with Crippen molar-refractivity contribution in [3.8, 4) is 11.5 Å². The number of carbonyl (C=O) groups is 1. The highest BCUT2D eigenvalue weighted by Gasteiger charge is 2.16. The Morgan fingerprint density at radius 3 is 2.73 bits per heavy atom. The van der Waals surface area contributed by atoms with E-state index in [0.29, 0.717) is 17.9 Å². The molecule has 160 valence electrons. The number of amides is 1. The Morgan fingerprint density at radius 2 is 2.03 bits per heavy atom. The van der Waals surface area contributed by atoms with E-state index >= 15 is 0 Å². The fourth-order valence-electron chi connectivity index (χ4n) is 2.96. The van der Waals surface area contributed by atoms with E-state index in [1.807, 2.05) is 44.2 Å². The van der Waals surface area contributed by atoms with E-state index in [4.69, 9.17) is 26.4 Å². The molecule has 0 aromatic heterocycles. The van der Waals surface area contributed by atoms with Gasteiger partial charge in [-0.25, -0.2) is 0 Å². The average molecular weight is 429 g/mol. The number of thiocarbonyl (C=S) groups is 1. The molecule has 2 aromatic carbocycles. The first-order chi connectivity index (χ1) is 14.5. The Bertz CT molecular complexity index is 851. The second kappa shape index (κ2) is 10.9. The molecule has 1 fully saturated rings. The van der Waals surface area contributed by atoms with Crippen molar-refractivity contribution >= 4 is 28.9 Å². The summed E-state index contributed by atoms with van der Waals surface area (Å²) < 4.78 is 17.1. The molecule has 0 saturated carbocycles. The van der Waals surface area contributed by atoms with E-state index in [-0.39, 0.29) is 23.2 Å². The first-order valence-corrected chi connectivity index (χ1v) is 10.7. The van der Waals surface area contributed by atoms with Gasteiger partial charge in [0.05, 0.1) is 12.2 Å². The summed E-state index contributed by atoms with van der Waals surface area (Å²) in [4.78, 5) is 12.5. The Hall–Kier alpha value is -2.64.